The molecule has 2 heterocycles. The number of carboxylic acid groups (broad SMARTS) is 1. The van der Waals surface area contributed by atoms with Crippen molar-refractivity contribution in [2.75, 3.05) is 69.1 Å². The molecule has 0 aromatic heterocycles. The summed E-state index contributed by atoms with van der Waals surface area (Å²) < 4.78 is 67.8. The van der Waals surface area contributed by atoms with Crippen LogP contribution in [0.1, 0.15) is 29.3 Å². The number of hydrogen-bond acceptors (Lipinski definition) is 7. The van der Waals surface area contributed by atoms with Gasteiger partial charge >= 0.3 is 6.18 Å². The monoisotopic (exact) mass is 659 g/mol. The number of amides is 3. The topological polar surface area (TPSA) is 111 Å². The molecule has 0 radical (unpaired) electrons. The van der Waals surface area contributed by atoms with E-state index in [0.29, 0.717) is 50.0 Å². The Hall–Kier alpha value is -3.69. The molecule has 0 aliphatic carbocycles. The van der Waals surface area contributed by atoms with Crippen LogP contribution in [0.4, 0.5) is 38.1 Å². The fourth-order valence-electron chi connectivity index (χ4n) is 5.36. The van der Waals surface area contributed by atoms with Crippen molar-refractivity contribution in [3.63, 3.8) is 0 Å². The van der Waals surface area contributed by atoms with E-state index in [1.807, 2.05) is 4.90 Å². The first kappa shape index (κ1) is 34.2. The second-order valence-electron chi connectivity index (χ2n) is 11.0. The van der Waals surface area contributed by atoms with Crippen LogP contribution in [0.15, 0.2) is 30.3 Å². The van der Waals surface area contributed by atoms with Gasteiger partial charge in [0, 0.05) is 75.5 Å². The summed E-state index contributed by atoms with van der Waals surface area (Å²) in [5.74, 6) is -4.10. The van der Waals surface area contributed by atoms with Gasteiger partial charge in [0.2, 0.25) is 5.91 Å². The molecule has 246 valence electrons. The van der Waals surface area contributed by atoms with Gasteiger partial charge in [0.25, 0.3) is 5.91 Å². The minimum Gasteiger partial charge on any atom is -0.530 e. The Bertz CT molecular complexity index is 1410. The first-order chi connectivity index (χ1) is 21.2. The maximum absolute atomic E-state index is 15.0. The Kier molecular flexibility index (Phi) is 11.1. The molecule has 2 fully saturated rings. The molecular weight excluding hydrogens is 627 g/mol. The van der Waals surface area contributed by atoms with Gasteiger partial charge in [-0.05, 0) is 31.2 Å². The van der Waals surface area contributed by atoms with E-state index in [2.05, 4.69) is 10.6 Å². The third-order valence-electron chi connectivity index (χ3n) is 7.83. The van der Waals surface area contributed by atoms with Gasteiger partial charge in [-0.1, -0.05) is 17.7 Å². The first-order valence-electron chi connectivity index (χ1n) is 14.3. The number of hydrogen-bond donors (Lipinski definition) is 2. The van der Waals surface area contributed by atoms with E-state index in [9.17, 15) is 37.1 Å². The summed E-state index contributed by atoms with van der Waals surface area (Å²) in [7, 11) is 0. The lowest BCUT2D eigenvalue weighted by Gasteiger charge is -2.41. The van der Waals surface area contributed by atoms with Crippen LogP contribution in [-0.4, -0.2) is 104 Å². The lowest BCUT2D eigenvalue weighted by Crippen LogP contribution is -2.58. The Morgan fingerprint density at radius 2 is 1.67 bits per heavy atom. The van der Waals surface area contributed by atoms with Gasteiger partial charge in [0.1, 0.15) is 6.09 Å². The molecule has 0 bridgehead atoms. The average molecular weight is 660 g/mol. The highest BCUT2D eigenvalue weighted by Gasteiger charge is 2.30. The minimum atomic E-state index is -4.25. The summed E-state index contributed by atoms with van der Waals surface area (Å²) in [6, 6.07) is 6.51. The van der Waals surface area contributed by atoms with Crippen molar-refractivity contribution in [1.82, 2.24) is 20.0 Å². The SMILES string of the molecule is CC1CN(CC(=O)NCc2ccc(C(=O)Nc3ccc(Cl)cc3N3CCN(CCC(F)(F)F)CC3)c(F)c2F)CCN1C(=O)[O-]. The second-order valence-corrected chi connectivity index (χ2v) is 11.5. The van der Waals surface area contributed by atoms with Crippen molar-refractivity contribution >= 4 is 40.9 Å². The summed E-state index contributed by atoms with van der Waals surface area (Å²) in [6.07, 6.45) is -6.44. The van der Waals surface area contributed by atoms with Gasteiger partial charge in [-0.3, -0.25) is 19.4 Å². The number of carbonyl (C=O) groups excluding carboxylic acids is 3. The van der Waals surface area contributed by atoms with E-state index in [4.69, 9.17) is 11.6 Å². The van der Waals surface area contributed by atoms with Crippen molar-refractivity contribution in [3.8, 4) is 0 Å². The molecule has 0 saturated carbocycles. The van der Waals surface area contributed by atoms with Crippen molar-refractivity contribution in [2.24, 2.45) is 0 Å². The van der Waals surface area contributed by atoms with E-state index in [1.54, 1.807) is 22.8 Å². The van der Waals surface area contributed by atoms with Crippen LogP contribution in [0.5, 0.6) is 0 Å². The van der Waals surface area contributed by atoms with Crippen LogP contribution in [0.25, 0.3) is 0 Å². The zero-order chi connectivity index (χ0) is 32.9. The quantitative estimate of drug-likeness (QED) is 0.399. The normalized spacial score (nSPS) is 18.2. The Morgan fingerprint density at radius 3 is 2.31 bits per heavy atom. The zero-order valence-corrected chi connectivity index (χ0v) is 25.2. The van der Waals surface area contributed by atoms with Crippen molar-refractivity contribution in [1.29, 1.82) is 0 Å². The van der Waals surface area contributed by atoms with E-state index in [1.165, 1.54) is 23.1 Å². The van der Waals surface area contributed by atoms with Crippen molar-refractivity contribution < 1.29 is 41.4 Å². The number of nitrogens with zero attached hydrogens (tertiary/aromatic N) is 4. The van der Waals surface area contributed by atoms with Crippen LogP contribution < -0.4 is 20.6 Å². The number of alkyl halides is 3. The number of benzene rings is 2. The second kappa shape index (κ2) is 14.6. The van der Waals surface area contributed by atoms with Crippen LogP contribution in [0, 0.1) is 11.6 Å². The molecule has 45 heavy (non-hydrogen) atoms. The number of piperazine rings is 2. The summed E-state index contributed by atoms with van der Waals surface area (Å²) in [5, 5.41) is 16.5. The largest absolute Gasteiger partial charge is 0.530 e. The molecule has 1 unspecified atom stereocenters. The highest BCUT2D eigenvalue weighted by molar-refractivity contribution is 6.31. The third kappa shape index (κ3) is 9.17. The summed E-state index contributed by atoms with van der Waals surface area (Å²) in [5.41, 5.74) is 0.00404. The number of carbonyl (C=O) groups is 3. The molecule has 2 aliphatic rings. The molecule has 2 aromatic carbocycles. The van der Waals surface area contributed by atoms with Gasteiger partial charge in [-0.15, -0.1) is 0 Å². The molecular formula is C29H33ClF5N6O4-. The van der Waals surface area contributed by atoms with Crippen molar-refractivity contribution in [3.05, 3.63) is 58.1 Å². The predicted molar refractivity (Wildman–Crippen MR) is 155 cm³/mol. The number of anilines is 2. The van der Waals surface area contributed by atoms with Crippen LogP contribution in [0.3, 0.4) is 0 Å². The molecule has 2 aromatic rings. The van der Waals surface area contributed by atoms with Gasteiger partial charge in [0.15, 0.2) is 11.6 Å². The maximum Gasteiger partial charge on any atom is 0.390 e. The highest BCUT2D eigenvalue weighted by Crippen LogP contribution is 2.31. The molecule has 1 atom stereocenters. The smallest absolute Gasteiger partial charge is 0.390 e. The fraction of sp³-hybridized carbons (Fsp3) is 0.483. The molecule has 3 amide bonds. The van der Waals surface area contributed by atoms with E-state index < -0.39 is 47.7 Å². The van der Waals surface area contributed by atoms with Gasteiger partial charge in [0.05, 0.1) is 29.9 Å². The first-order valence-corrected chi connectivity index (χ1v) is 14.7. The van der Waals surface area contributed by atoms with Gasteiger partial charge < -0.3 is 30.3 Å². The van der Waals surface area contributed by atoms with Gasteiger partial charge in [-0.2, -0.15) is 13.2 Å². The Morgan fingerprint density at radius 1 is 0.978 bits per heavy atom. The molecule has 2 aliphatic heterocycles. The number of rotatable bonds is 9. The predicted octanol–water partition coefficient (Wildman–Crippen LogP) is 2.91. The Labute approximate surface area is 261 Å². The third-order valence-corrected chi connectivity index (χ3v) is 8.06. The molecule has 16 heteroatoms. The molecule has 2 N–H and O–H groups in total. The lowest BCUT2D eigenvalue weighted by molar-refractivity contribution is -0.269. The Balaban J connectivity index is 1.35. The fourth-order valence-corrected chi connectivity index (χ4v) is 5.53. The van der Waals surface area contributed by atoms with E-state index in [0.717, 1.165) is 6.07 Å². The summed E-state index contributed by atoms with van der Waals surface area (Å²) in [6.45, 7) is 3.39. The molecule has 4 rings (SSSR count). The molecule has 0 spiro atoms. The van der Waals surface area contributed by atoms with Crippen LogP contribution in [-0.2, 0) is 11.3 Å². The van der Waals surface area contributed by atoms with Crippen LogP contribution >= 0.6 is 11.6 Å². The van der Waals surface area contributed by atoms with Crippen LogP contribution in [0.2, 0.25) is 5.02 Å². The lowest BCUT2D eigenvalue weighted by atomic mass is 10.1. The van der Waals surface area contributed by atoms with E-state index in [-0.39, 0.29) is 43.5 Å². The highest BCUT2D eigenvalue weighted by atomic mass is 35.5. The maximum atomic E-state index is 15.0. The van der Waals surface area contributed by atoms with Gasteiger partial charge in [-0.25, -0.2) is 8.78 Å². The van der Waals surface area contributed by atoms with E-state index >= 15 is 4.39 Å². The average Bonchev–Trinajstić information content (AvgIpc) is 2.97. The minimum absolute atomic E-state index is 0.0676. The molecule has 10 nitrogen and oxygen atoms in total. The number of halogens is 6. The summed E-state index contributed by atoms with van der Waals surface area (Å²) >= 11 is 6.17. The van der Waals surface area contributed by atoms with Crippen molar-refractivity contribution in [2.45, 2.75) is 32.1 Å². The number of nitrogens with one attached hydrogen (secondary N) is 2. The zero-order valence-electron chi connectivity index (χ0n) is 24.4. The molecule has 2 saturated heterocycles. The standard InChI is InChI=1S/C29H34ClF5N6O4/c1-18-16-39(10-13-41(18)28(44)45)17-24(42)36-15-19-2-4-21(26(32)25(19)31)27(43)37-22-5-3-20(30)14-23(22)40-11-8-38(9-12-40)7-6-29(33,34)35/h2-5,14,18H,6-13,15-17H2,1H3,(H,36,42)(H,37,43)(H,44,45)/p-1. The summed E-state index contributed by atoms with van der Waals surface area (Å²) in [4.78, 5) is 43.0.